The smallest absolute Gasteiger partial charge is 0.344 e. The first kappa shape index (κ1) is 18.4. The zero-order valence-electron chi connectivity index (χ0n) is 14.0. The molecule has 0 aliphatic heterocycles. The van der Waals surface area contributed by atoms with Crippen molar-refractivity contribution in [2.75, 3.05) is 19.8 Å². The van der Waals surface area contributed by atoms with Crippen LogP contribution in [0.4, 0.5) is 4.39 Å². The van der Waals surface area contributed by atoms with Crippen molar-refractivity contribution in [3.8, 4) is 5.75 Å². The Balaban J connectivity index is 1.62. The lowest BCUT2D eigenvalue weighted by molar-refractivity contribution is -0.150. The summed E-state index contributed by atoms with van der Waals surface area (Å²) in [7, 11) is 0. The van der Waals surface area contributed by atoms with E-state index in [1.807, 2.05) is 31.2 Å². The number of nitrogens with one attached hydrogen (secondary N) is 1. The first-order valence-electron chi connectivity index (χ1n) is 7.90. The molecule has 1 amide bonds. The molecule has 0 unspecified atom stereocenters. The number of carbonyl (C=O) groups excluding carboxylic acids is 2. The van der Waals surface area contributed by atoms with Gasteiger partial charge in [-0.1, -0.05) is 30.3 Å². The average molecular weight is 345 g/mol. The second kappa shape index (κ2) is 9.42. The molecule has 0 saturated carbocycles. The predicted octanol–water partition coefficient (Wildman–Crippen LogP) is 2.42. The fraction of sp³-hybridized carbons (Fsp3) is 0.263. The zero-order chi connectivity index (χ0) is 18.1. The minimum atomic E-state index is -0.696. The van der Waals surface area contributed by atoms with Crippen molar-refractivity contribution in [2.45, 2.75) is 13.3 Å². The van der Waals surface area contributed by atoms with Crippen LogP contribution in [0.15, 0.2) is 48.5 Å². The summed E-state index contributed by atoms with van der Waals surface area (Å²) in [5.41, 5.74) is 2.32. The maximum absolute atomic E-state index is 13.0. The first-order chi connectivity index (χ1) is 12.0. The normalized spacial score (nSPS) is 10.2. The highest BCUT2D eigenvalue weighted by Crippen LogP contribution is 2.11. The van der Waals surface area contributed by atoms with Crippen LogP contribution in [0.25, 0.3) is 0 Å². The Morgan fingerprint density at radius 2 is 1.88 bits per heavy atom. The highest BCUT2D eigenvalue weighted by atomic mass is 19.1. The van der Waals surface area contributed by atoms with Crippen molar-refractivity contribution < 1.29 is 23.5 Å². The van der Waals surface area contributed by atoms with Gasteiger partial charge in [0, 0.05) is 12.6 Å². The Labute approximate surface area is 145 Å². The van der Waals surface area contributed by atoms with E-state index in [4.69, 9.17) is 9.47 Å². The zero-order valence-corrected chi connectivity index (χ0v) is 14.0. The van der Waals surface area contributed by atoms with E-state index in [1.54, 1.807) is 0 Å². The van der Waals surface area contributed by atoms with Crippen molar-refractivity contribution in [1.29, 1.82) is 0 Å². The average Bonchev–Trinajstić information content (AvgIpc) is 2.60. The van der Waals surface area contributed by atoms with Gasteiger partial charge >= 0.3 is 5.97 Å². The molecular weight excluding hydrogens is 325 g/mol. The van der Waals surface area contributed by atoms with Gasteiger partial charge in [-0.3, -0.25) is 4.79 Å². The van der Waals surface area contributed by atoms with Crippen LogP contribution in [0.5, 0.6) is 5.75 Å². The van der Waals surface area contributed by atoms with Crippen molar-refractivity contribution in [2.24, 2.45) is 0 Å². The van der Waals surface area contributed by atoms with Crippen LogP contribution in [0.2, 0.25) is 0 Å². The Hall–Kier alpha value is -2.89. The Morgan fingerprint density at radius 1 is 1.08 bits per heavy atom. The van der Waals surface area contributed by atoms with Gasteiger partial charge in [0.05, 0.1) is 0 Å². The van der Waals surface area contributed by atoms with Gasteiger partial charge in [-0.15, -0.1) is 0 Å². The quantitative estimate of drug-likeness (QED) is 0.746. The number of aryl methyl sites for hydroxylation is 1. The van der Waals surface area contributed by atoms with E-state index in [1.165, 1.54) is 18.2 Å². The summed E-state index contributed by atoms with van der Waals surface area (Å²) in [6.45, 7) is 1.71. The van der Waals surface area contributed by atoms with Crippen LogP contribution in [-0.4, -0.2) is 31.6 Å². The molecule has 2 aromatic rings. The molecule has 132 valence electrons. The van der Waals surface area contributed by atoms with E-state index in [9.17, 15) is 14.0 Å². The van der Waals surface area contributed by atoms with Crippen LogP contribution in [0.3, 0.4) is 0 Å². The highest BCUT2D eigenvalue weighted by molar-refractivity contribution is 5.80. The van der Waals surface area contributed by atoms with Gasteiger partial charge in [-0.2, -0.15) is 0 Å². The van der Waals surface area contributed by atoms with Crippen LogP contribution < -0.4 is 10.1 Å². The number of ether oxygens (including phenoxy) is 2. The van der Waals surface area contributed by atoms with Crippen LogP contribution >= 0.6 is 0 Å². The summed E-state index contributed by atoms with van der Waals surface area (Å²) in [5, 5.41) is 2.69. The fourth-order valence-corrected chi connectivity index (χ4v) is 2.16. The van der Waals surface area contributed by atoms with Gasteiger partial charge in [-0.25, -0.2) is 9.18 Å². The van der Waals surface area contributed by atoms with Gasteiger partial charge in [0.25, 0.3) is 5.91 Å². The van der Waals surface area contributed by atoms with Crippen LogP contribution in [-0.2, 0) is 20.7 Å². The monoisotopic (exact) mass is 345 g/mol. The van der Waals surface area contributed by atoms with Gasteiger partial charge in [0.15, 0.2) is 13.2 Å². The molecule has 25 heavy (non-hydrogen) atoms. The SMILES string of the molecule is Cc1ccccc1CCNC(=O)COC(=O)COc1cccc(F)c1. The summed E-state index contributed by atoms with van der Waals surface area (Å²) >= 11 is 0. The summed E-state index contributed by atoms with van der Waals surface area (Å²) in [6.07, 6.45) is 0.703. The third-order valence-corrected chi connectivity index (χ3v) is 3.49. The topological polar surface area (TPSA) is 64.6 Å². The van der Waals surface area contributed by atoms with Crippen molar-refractivity contribution in [3.63, 3.8) is 0 Å². The van der Waals surface area contributed by atoms with Gasteiger partial charge in [-0.05, 0) is 36.6 Å². The second-order valence-corrected chi connectivity index (χ2v) is 5.43. The van der Waals surface area contributed by atoms with E-state index in [0.717, 1.165) is 17.2 Å². The molecule has 5 nitrogen and oxygen atoms in total. The second-order valence-electron chi connectivity index (χ2n) is 5.43. The molecule has 2 aromatic carbocycles. The van der Waals surface area contributed by atoms with Gasteiger partial charge < -0.3 is 14.8 Å². The molecule has 0 aliphatic carbocycles. The lowest BCUT2D eigenvalue weighted by Crippen LogP contribution is -2.31. The summed E-state index contributed by atoms with van der Waals surface area (Å²) in [6, 6.07) is 13.3. The van der Waals surface area contributed by atoms with Gasteiger partial charge in [0.2, 0.25) is 0 Å². The molecule has 6 heteroatoms. The molecule has 0 atom stereocenters. The number of carbonyl (C=O) groups is 2. The summed E-state index contributed by atoms with van der Waals surface area (Å²) < 4.78 is 22.9. The third kappa shape index (κ3) is 6.63. The number of benzene rings is 2. The molecule has 2 rings (SSSR count). The van der Waals surface area contributed by atoms with Crippen molar-refractivity contribution in [1.82, 2.24) is 5.32 Å². The number of amides is 1. The van der Waals surface area contributed by atoms with Crippen molar-refractivity contribution >= 4 is 11.9 Å². The maximum atomic E-state index is 13.0. The molecule has 1 N–H and O–H groups in total. The van der Waals surface area contributed by atoms with E-state index in [2.05, 4.69) is 5.32 Å². The molecule has 0 saturated heterocycles. The van der Waals surface area contributed by atoms with E-state index >= 15 is 0 Å². The van der Waals surface area contributed by atoms with E-state index in [-0.39, 0.29) is 24.9 Å². The minimum absolute atomic E-state index is 0.222. The largest absolute Gasteiger partial charge is 0.482 e. The van der Waals surface area contributed by atoms with Crippen LogP contribution in [0, 0.1) is 12.7 Å². The number of esters is 1. The molecule has 0 bridgehead atoms. The number of rotatable bonds is 8. The minimum Gasteiger partial charge on any atom is -0.482 e. The lowest BCUT2D eigenvalue weighted by Gasteiger charge is -2.09. The molecule has 0 radical (unpaired) electrons. The molecule has 0 aromatic heterocycles. The van der Waals surface area contributed by atoms with E-state index < -0.39 is 11.8 Å². The highest BCUT2D eigenvalue weighted by Gasteiger charge is 2.09. The summed E-state index contributed by atoms with van der Waals surface area (Å²) in [5.74, 6) is -1.32. The Kier molecular flexibility index (Phi) is 6.95. The maximum Gasteiger partial charge on any atom is 0.344 e. The number of halogens is 1. The molecule has 0 aliphatic rings. The number of hydrogen-bond acceptors (Lipinski definition) is 4. The van der Waals surface area contributed by atoms with Crippen LogP contribution in [0.1, 0.15) is 11.1 Å². The Morgan fingerprint density at radius 3 is 2.64 bits per heavy atom. The van der Waals surface area contributed by atoms with E-state index in [0.29, 0.717) is 13.0 Å². The standard InChI is InChI=1S/C19H20FNO4/c1-14-5-2-3-6-15(14)9-10-21-18(22)12-25-19(23)13-24-17-8-4-7-16(20)11-17/h2-8,11H,9-10,12-13H2,1H3,(H,21,22). The molecule has 0 heterocycles. The van der Waals surface area contributed by atoms with Gasteiger partial charge in [0.1, 0.15) is 11.6 Å². The Bertz CT molecular complexity index is 733. The molecule has 0 fully saturated rings. The third-order valence-electron chi connectivity index (χ3n) is 3.49. The fourth-order valence-electron chi connectivity index (χ4n) is 2.16. The molecule has 0 spiro atoms. The molecular formula is C19H20FNO4. The van der Waals surface area contributed by atoms with Crippen molar-refractivity contribution in [3.05, 3.63) is 65.5 Å². The number of hydrogen-bond donors (Lipinski definition) is 1. The lowest BCUT2D eigenvalue weighted by atomic mass is 10.1. The summed E-state index contributed by atoms with van der Waals surface area (Å²) in [4.78, 5) is 23.2. The first-order valence-corrected chi connectivity index (χ1v) is 7.90. The predicted molar refractivity (Wildman–Crippen MR) is 90.7 cm³/mol.